The highest BCUT2D eigenvalue weighted by Crippen LogP contribution is 2.43. The van der Waals surface area contributed by atoms with Gasteiger partial charge in [0.25, 0.3) is 0 Å². The van der Waals surface area contributed by atoms with E-state index in [9.17, 15) is 0 Å². The monoisotopic (exact) mass is 334 g/mol. The Labute approximate surface area is 140 Å². The summed E-state index contributed by atoms with van der Waals surface area (Å²) in [5.74, 6) is 0. The molecule has 1 heterocycles. The van der Waals surface area contributed by atoms with E-state index >= 15 is 0 Å². The quantitative estimate of drug-likeness (QED) is 0.671. The number of benzene rings is 2. The highest BCUT2D eigenvalue weighted by atomic mass is 35.5. The van der Waals surface area contributed by atoms with Crippen LogP contribution in [-0.4, -0.2) is 27.3 Å². The third-order valence-electron chi connectivity index (χ3n) is 3.76. The molecule has 2 aromatic rings. The zero-order valence-corrected chi connectivity index (χ0v) is 14.2. The number of nitrogens with one attached hydrogen (secondary N) is 1. The molecule has 0 aromatic heterocycles. The van der Waals surface area contributed by atoms with E-state index in [2.05, 4.69) is 47.0 Å². The molecule has 5 heteroatoms. The molecule has 0 spiro atoms. The van der Waals surface area contributed by atoms with Gasteiger partial charge in [0.1, 0.15) is 0 Å². The Balaban J connectivity index is 2.07. The second kappa shape index (κ2) is 6.92. The maximum Gasteiger partial charge on any atom is 0.0610 e. The minimum Gasteiger partial charge on any atom is -0.383 e. The third kappa shape index (κ3) is 3.10. The van der Waals surface area contributed by atoms with Crippen molar-refractivity contribution < 1.29 is 4.74 Å². The molecule has 1 N–H and O–H groups in total. The molecule has 1 atom stereocenters. The summed E-state index contributed by atoms with van der Waals surface area (Å²) in [6.07, 6.45) is 0. The fourth-order valence-corrected chi connectivity index (χ4v) is 4.00. The molecule has 22 heavy (non-hydrogen) atoms. The van der Waals surface area contributed by atoms with E-state index in [1.165, 1.54) is 21.7 Å². The summed E-state index contributed by atoms with van der Waals surface area (Å²) in [7, 11) is 3.81. The van der Waals surface area contributed by atoms with Gasteiger partial charge in [-0.25, -0.2) is 0 Å². The highest BCUT2D eigenvalue weighted by molar-refractivity contribution is 8.00. The molecule has 0 bridgehead atoms. The van der Waals surface area contributed by atoms with Crippen LogP contribution in [-0.2, 0) is 4.74 Å². The van der Waals surface area contributed by atoms with Gasteiger partial charge in [0.05, 0.1) is 18.3 Å². The lowest BCUT2D eigenvalue weighted by molar-refractivity contribution is 0.197. The molecule has 0 radical (unpaired) electrons. The van der Waals surface area contributed by atoms with E-state index in [1.807, 2.05) is 12.1 Å². The molecule has 2 aromatic carbocycles. The van der Waals surface area contributed by atoms with Crippen molar-refractivity contribution in [3.05, 3.63) is 58.6 Å². The third-order valence-corrected chi connectivity index (χ3v) is 5.02. The Hall–Kier alpha value is -1.20. The summed E-state index contributed by atoms with van der Waals surface area (Å²) in [6, 6.07) is 14.7. The van der Waals surface area contributed by atoms with Gasteiger partial charge in [0.2, 0.25) is 0 Å². The number of halogens is 1. The molecule has 1 unspecified atom stereocenters. The number of anilines is 1. The molecular formula is C17H19ClN2OS. The number of para-hydroxylation sites is 1. The SMILES string of the molecule is COCCNC1c2ccc(Cl)cc2SN(C)c2ccccc21. The van der Waals surface area contributed by atoms with Gasteiger partial charge in [0, 0.05) is 30.6 Å². The number of nitrogens with zero attached hydrogens (tertiary/aromatic N) is 1. The van der Waals surface area contributed by atoms with E-state index in [0.29, 0.717) is 6.61 Å². The number of hydrogen-bond donors (Lipinski definition) is 1. The van der Waals surface area contributed by atoms with Gasteiger partial charge < -0.3 is 14.4 Å². The molecule has 0 saturated heterocycles. The van der Waals surface area contributed by atoms with Crippen molar-refractivity contribution in [2.45, 2.75) is 10.9 Å². The number of hydrogen-bond acceptors (Lipinski definition) is 4. The maximum atomic E-state index is 6.19. The number of ether oxygens (including phenoxy) is 1. The van der Waals surface area contributed by atoms with Crippen LogP contribution in [0.5, 0.6) is 0 Å². The van der Waals surface area contributed by atoms with Crippen molar-refractivity contribution in [1.82, 2.24) is 5.32 Å². The number of rotatable bonds is 4. The Morgan fingerprint density at radius 2 is 2.05 bits per heavy atom. The summed E-state index contributed by atoms with van der Waals surface area (Å²) in [6.45, 7) is 1.48. The van der Waals surface area contributed by atoms with E-state index in [-0.39, 0.29) is 6.04 Å². The average Bonchev–Trinajstić information content (AvgIpc) is 2.63. The predicted octanol–water partition coefficient (Wildman–Crippen LogP) is 4.12. The Bertz CT molecular complexity index is 665. The van der Waals surface area contributed by atoms with Crippen LogP contribution in [0.4, 0.5) is 5.69 Å². The van der Waals surface area contributed by atoms with Gasteiger partial charge in [-0.2, -0.15) is 0 Å². The average molecular weight is 335 g/mol. The van der Waals surface area contributed by atoms with Crippen molar-refractivity contribution >= 4 is 29.2 Å². The fraction of sp³-hybridized carbons (Fsp3) is 0.294. The van der Waals surface area contributed by atoms with Crippen LogP contribution in [0.1, 0.15) is 17.2 Å². The largest absolute Gasteiger partial charge is 0.383 e. The minimum atomic E-state index is 0.135. The summed E-state index contributed by atoms with van der Waals surface area (Å²) in [5, 5.41) is 4.37. The number of fused-ring (bicyclic) bond motifs is 2. The first-order chi connectivity index (χ1) is 10.7. The molecule has 3 nitrogen and oxygen atoms in total. The molecule has 1 aliphatic rings. The van der Waals surface area contributed by atoms with E-state index in [4.69, 9.17) is 16.3 Å². The predicted molar refractivity (Wildman–Crippen MR) is 93.9 cm³/mol. The molecular weight excluding hydrogens is 316 g/mol. The lowest BCUT2D eigenvalue weighted by atomic mass is 9.97. The topological polar surface area (TPSA) is 24.5 Å². The van der Waals surface area contributed by atoms with Crippen molar-refractivity contribution in [3.63, 3.8) is 0 Å². The van der Waals surface area contributed by atoms with E-state index in [0.717, 1.165) is 11.6 Å². The zero-order chi connectivity index (χ0) is 15.5. The van der Waals surface area contributed by atoms with Crippen LogP contribution >= 0.6 is 23.5 Å². The van der Waals surface area contributed by atoms with E-state index < -0.39 is 0 Å². The van der Waals surface area contributed by atoms with Crippen LogP contribution < -0.4 is 9.62 Å². The van der Waals surface area contributed by atoms with Crippen LogP contribution in [0.25, 0.3) is 0 Å². The molecule has 0 amide bonds. The summed E-state index contributed by atoms with van der Waals surface area (Å²) >= 11 is 7.90. The van der Waals surface area contributed by atoms with Crippen LogP contribution in [0, 0.1) is 0 Å². The lowest BCUT2D eigenvalue weighted by Crippen LogP contribution is -2.26. The smallest absolute Gasteiger partial charge is 0.0610 e. The van der Waals surface area contributed by atoms with Gasteiger partial charge in [0.15, 0.2) is 0 Å². The molecule has 0 aliphatic carbocycles. The Morgan fingerprint density at radius 1 is 1.23 bits per heavy atom. The van der Waals surface area contributed by atoms with Gasteiger partial charge in [-0.05, 0) is 41.3 Å². The fourth-order valence-electron chi connectivity index (χ4n) is 2.73. The second-order valence-electron chi connectivity index (χ2n) is 5.21. The van der Waals surface area contributed by atoms with Crippen molar-refractivity contribution in [2.24, 2.45) is 0 Å². The van der Waals surface area contributed by atoms with Gasteiger partial charge in [-0.3, -0.25) is 0 Å². The first-order valence-corrected chi connectivity index (χ1v) is 8.38. The highest BCUT2D eigenvalue weighted by Gasteiger charge is 2.26. The molecule has 0 fully saturated rings. The summed E-state index contributed by atoms with van der Waals surface area (Å²) in [5.41, 5.74) is 3.74. The summed E-state index contributed by atoms with van der Waals surface area (Å²) < 4.78 is 7.38. The van der Waals surface area contributed by atoms with Crippen molar-refractivity contribution in [1.29, 1.82) is 0 Å². The first kappa shape index (κ1) is 15.7. The van der Waals surface area contributed by atoms with Crippen LogP contribution in [0.2, 0.25) is 5.02 Å². The maximum absolute atomic E-state index is 6.19. The van der Waals surface area contributed by atoms with Crippen LogP contribution in [0.3, 0.4) is 0 Å². The van der Waals surface area contributed by atoms with Gasteiger partial charge in [-0.1, -0.05) is 35.9 Å². The standard InChI is InChI=1S/C17H19ClN2OS/c1-20-15-6-4-3-5-13(15)17(19-9-10-21-2)14-8-7-12(18)11-16(14)22-20/h3-8,11,17,19H,9-10H2,1-2H3. The van der Waals surface area contributed by atoms with Crippen LogP contribution in [0.15, 0.2) is 47.4 Å². The Kier molecular flexibility index (Phi) is 4.93. The van der Waals surface area contributed by atoms with E-state index in [1.54, 1.807) is 19.1 Å². The minimum absolute atomic E-state index is 0.135. The second-order valence-corrected chi connectivity index (χ2v) is 6.82. The molecule has 3 rings (SSSR count). The molecule has 1 aliphatic heterocycles. The van der Waals surface area contributed by atoms with Gasteiger partial charge in [-0.15, -0.1) is 0 Å². The normalized spacial score (nSPS) is 16.9. The van der Waals surface area contributed by atoms with Crippen molar-refractivity contribution in [2.75, 3.05) is 31.6 Å². The molecule has 116 valence electrons. The zero-order valence-electron chi connectivity index (χ0n) is 12.7. The number of methoxy groups -OCH3 is 1. The lowest BCUT2D eigenvalue weighted by Gasteiger charge is -2.22. The Morgan fingerprint density at radius 3 is 2.86 bits per heavy atom. The van der Waals surface area contributed by atoms with Crippen molar-refractivity contribution in [3.8, 4) is 0 Å². The molecule has 0 saturated carbocycles. The van der Waals surface area contributed by atoms with Gasteiger partial charge >= 0.3 is 0 Å². The summed E-state index contributed by atoms with van der Waals surface area (Å²) in [4.78, 5) is 1.18. The first-order valence-electron chi connectivity index (χ1n) is 7.23.